The maximum Gasteiger partial charge on any atom is 0.223 e. The normalized spacial score (nSPS) is 32.0. The van der Waals surface area contributed by atoms with Gasteiger partial charge in [-0.15, -0.1) is 6.58 Å². The lowest BCUT2D eigenvalue weighted by Crippen LogP contribution is -2.61. The fourth-order valence-electron chi connectivity index (χ4n) is 2.92. The Hall–Kier alpha value is -0.830. The molecule has 1 N–H and O–H groups in total. The van der Waals surface area contributed by atoms with Gasteiger partial charge in [0.1, 0.15) is 0 Å². The van der Waals surface area contributed by atoms with E-state index in [1.165, 1.54) is 6.42 Å². The van der Waals surface area contributed by atoms with Crippen LogP contribution in [0.25, 0.3) is 0 Å². The van der Waals surface area contributed by atoms with Gasteiger partial charge in [0.05, 0.1) is 5.54 Å². The molecule has 1 atom stereocenters. The first-order valence-electron chi connectivity index (χ1n) is 5.91. The minimum absolute atomic E-state index is 0.0990. The molecule has 3 nitrogen and oxygen atoms in total. The summed E-state index contributed by atoms with van der Waals surface area (Å²) >= 11 is 0. The number of carbonyl (C=O) groups excluding carboxylic acids is 1. The molecule has 0 bridgehead atoms. The molecular formula is C12H20N2O. The maximum atomic E-state index is 11.9. The van der Waals surface area contributed by atoms with Gasteiger partial charge in [-0.05, 0) is 32.2 Å². The lowest BCUT2D eigenvalue weighted by molar-refractivity contribution is -0.142. The zero-order chi connectivity index (χ0) is 10.7. The number of nitrogens with one attached hydrogen (secondary N) is 1. The third kappa shape index (κ3) is 1.93. The fraction of sp³-hybridized carbons (Fsp3) is 0.750. The van der Waals surface area contributed by atoms with Crippen molar-refractivity contribution < 1.29 is 4.79 Å². The minimum atomic E-state index is 0.0990. The van der Waals surface area contributed by atoms with Crippen LogP contribution in [0, 0.1) is 0 Å². The number of likely N-dealkylation sites (tertiary alicyclic amines) is 1. The van der Waals surface area contributed by atoms with Gasteiger partial charge < -0.3 is 10.2 Å². The predicted octanol–water partition coefficient (Wildman–Crippen LogP) is 1.31. The van der Waals surface area contributed by atoms with Crippen molar-refractivity contribution in [2.24, 2.45) is 0 Å². The van der Waals surface area contributed by atoms with Crippen LogP contribution in [0.2, 0.25) is 0 Å². The Morgan fingerprint density at radius 3 is 2.93 bits per heavy atom. The second kappa shape index (κ2) is 4.35. The number of nitrogens with zero attached hydrogens (tertiary/aromatic N) is 1. The summed E-state index contributed by atoms with van der Waals surface area (Å²) in [7, 11) is 0. The van der Waals surface area contributed by atoms with E-state index in [2.05, 4.69) is 16.8 Å². The van der Waals surface area contributed by atoms with E-state index in [0.717, 1.165) is 38.8 Å². The second-order valence-corrected chi connectivity index (χ2v) is 4.65. The Kier molecular flexibility index (Phi) is 3.10. The molecule has 0 aliphatic carbocycles. The van der Waals surface area contributed by atoms with Crippen molar-refractivity contribution in [2.45, 2.75) is 37.6 Å². The first kappa shape index (κ1) is 10.7. The largest absolute Gasteiger partial charge is 0.332 e. The molecule has 84 valence electrons. The molecule has 15 heavy (non-hydrogen) atoms. The zero-order valence-corrected chi connectivity index (χ0v) is 9.30. The van der Waals surface area contributed by atoms with E-state index in [9.17, 15) is 4.79 Å². The number of carbonyl (C=O) groups is 1. The van der Waals surface area contributed by atoms with Gasteiger partial charge in [0.25, 0.3) is 0 Å². The molecule has 2 aliphatic rings. The highest BCUT2D eigenvalue weighted by atomic mass is 16.2. The molecule has 0 saturated carbocycles. The van der Waals surface area contributed by atoms with Crippen molar-refractivity contribution in [3.05, 3.63) is 12.7 Å². The molecule has 0 aromatic heterocycles. The predicted molar refractivity (Wildman–Crippen MR) is 60.6 cm³/mol. The van der Waals surface area contributed by atoms with Crippen molar-refractivity contribution in [3.63, 3.8) is 0 Å². The number of piperidine rings is 2. The van der Waals surface area contributed by atoms with Crippen LogP contribution < -0.4 is 5.32 Å². The van der Waals surface area contributed by atoms with Crippen molar-refractivity contribution in [1.29, 1.82) is 0 Å². The number of amides is 1. The quantitative estimate of drug-likeness (QED) is 0.694. The van der Waals surface area contributed by atoms with Crippen molar-refractivity contribution >= 4 is 5.91 Å². The van der Waals surface area contributed by atoms with Crippen LogP contribution in [-0.2, 0) is 4.79 Å². The van der Waals surface area contributed by atoms with E-state index in [0.29, 0.717) is 12.5 Å². The third-order valence-corrected chi connectivity index (χ3v) is 3.67. The summed E-state index contributed by atoms with van der Waals surface area (Å²) in [5.41, 5.74) is 0.0990. The van der Waals surface area contributed by atoms with E-state index < -0.39 is 0 Å². The summed E-state index contributed by atoms with van der Waals surface area (Å²) in [5.74, 6) is 0.310. The third-order valence-electron chi connectivity index (χ3n) is 3.67. The molecule has 2 aliphatic heterocycles. The van der Waals surface area contributed by atoms with Gasteiger partial charge in [0.2, 0.25) is 5.91 Å². The summed E-state index contributed by atoms with van der Waals surface area (Å²) in [4.78, 5) is 14.0. The van der Waals surface area contributed by atoms with Gasteiger partial charge in [-0.2, -0.15) is 0 Å². The molecular weight excluding hydrogens is 188 g/mol. The first-order valence-corrected chi connectivity index (χ1v) is 5.91. The molecule has 3 heteroatoms. The van der Waals surface area contributed by atoms with Gasteiger partial charge in [0.15, 0.2) is 0 Å². The molecule has 0 aromatic carbocycles. The maximum absolute atomic E-state index is 11.9. The first-order chi connectivity index (χ1) is 7.28. The van der Waals surface area contributed by atoms with E-state index >= 15 is 0 Å². The molecule has 0 aromatic rings. The summed E-state index contributed by atoms with van der Waals surface area (Å²) in [6.07, 6.45) is 7.10. The summed E-state index contributed by atoms with van der Waals surface area (Å²) in [5, 5.41) is 3.43. The summed E-state index contributed by atoms with van der Waals surface area (Å²) in [6, 6.07) is 0. The zero-order valence-electron chi connectivity index (χ0n) is 9.30. The molecule has 0 radical (unpaired) electrons. The van der Waals surface area contributed by atoms with E-state index in [-0.39, 0.29) is 5.54 Å². The van der Waals surface area contributed by atoms with Gasteiger partial charge in [-0.1, -0.05) is 6.08 Å². The summed E-state index contributed by atoms with van der Waals surface area (Å²) < 4.78 is 0. The number of rotatable bonds is 2. The Balaban J connectivity index is 2.17. The van der Waals surface area contributed by atoms with E-state index in [4.69, 9.17) is 0 Å². The smallest absolute Gasteiger partial charge is 0.223 e. The lowest BCUT2D eigenvalue weighted by atomic mass is 9.80. The number of hydrogen-bond acceptors (Lipinski definition) is 2. The Bertz CT molecular complexity index is 251. The molecule has 2 fully saturated rings. The molecule has 1 amide bonds. The van der Waals surface area contributed by atoms with Crippen LogP contribution in [0.1, 0.15) is 32.1 Å². The molecule has 2 rings (SSSR count). The fourth-order valence-corrected chi connectivity index (χ4v) is 2.92. The minimum Gasteiger partial charge on any atom is -0.332 e. The van der Waals surface area contributed by atoms with Crippen LogP contribution in [-0.4, -0.2) is 36.0 Å². The standard InChI is InChI=1S/C12H20N2O/c1-2-9-14-11(15)5-3-6-12(14)7-4-8-13-10-12/h2,13H,1,3-10H2. The van der Waals surface area contributed by atoms with Gasteiger partial charge >= 0.3 is 0 Å². The Morgan fingerprint density at radius 2 is 2.27 bits per heavy atom. The lowest BCUT2D eigenvalue weighted by Gasteiger charge is -2.49. The Morgan fingerprint density at radius 1 is 1.47 bits per heavy atom. The molecule has 2 heterocycles. The average Bonchev–Trinajstić information content (AvgIpc) is 2.25. The average molecular weight is 208 g/mol. The van der Waals surface area contributed by atoms with Crippen LogP contribution in [0.15, 0.2) is 12.7 Å². The van der Waals surface area contributed by atoms with Crippen LogP contribution >= 0.6 is 0 Å². The van der Waals surface area contributed by atoms with Gasteiger partial charge in [-0.25, -0.2) is 0 Å². The van der Waals surface area contributed by atoms with E-state index in [1.807, 2.05) is 6.08 Å². The van der Waals surface area contributed by atoms with Crippen LogP contribution in [0.3, 0.4) is 0 Å². The monoisotopic (exact) mass is 208 g/mol. The van der Waals surface area contributed by atoms with Crippen molar-refractivity contribution in [1.82, 2.24) is 10.2 Å². The highest BCUT2D eigenvalue weighted by Gasteiger charge is 2.42. The van der Waals surface area contributed by atoms with Crippen molar-refractivity contribution in [3.8, 4) is 0 Å². The van der Waals surface area contributed by atoms with Gasteiger partial charge in [0, 0.05) is 19.5 Å². The topological polar surface area (TPSA) is 32.3 Å². The summed E-state index contributed by atoms with van der Waals surface area (Å²) in [6.45, 7) is 6.52. The highest BCUT2D eigenvalue weighted by molar-refractivity contribution is 5.78. The molecule has 2 saturated heterocycles. The number of hydrogen-bond donors (Lipinski definition) is 1. The van der Waals surface area contributed by atoms with Crippen LogP contribution in [0.4, 0.5) is 0 Å². The molecule has 1 spiro atoms. The van der Waals surface area contributed by atoms with Gasteiger partial charge in [-0.3, -0.25) is 4.79 Å². The Labute approximate surface area is 91.5 Å². The van der Waals surface area contributed by atoms with E-state index in [1.54, 1.807) is 0 Å². The second-order valence-electron chi connectivity index (χ2n) is 4.65. The van der Waals surface area contributed by atoms with Crippen molar-refractivity contribution in [2.75, 3.05) is 19.6 Å². The molecule has 1 unspecified atom stereocenters. The van der Waals surface area contributed by atoms with Crippen LogP contribution in [0.5, 0.6) is 0 Å². The highest BCUT2D eigenvalue weighted by Crippen LogP contribution is 2.34. The SMILES string of the molecule is C=CCN1C(=O)CCCC12CCCNC2.